The molecule has 0 bridgehead atoms. The SMILES string of the molecule is C=CCOC(=O)c1c[c]ccc1. The van der Waals surface area contributed by atoms with Crippen molar-refractivity contribution in [3.05, 3.63) is 48.6 Å². The zero-order chi connectivity index (χ0) is 8.81. The van der Waals surface area contributed by atoms with Crippen molar-refractivity contribution in [3.8, 4) is 0 Å². The third kappa shape index (κ3) is 2.23. The second-order valence-corrected chi connectivity index (χ2v) is 2.18. The Morgan fingerprint density at radius 3 is 3.17 bits per heavy atom. The number of hydrogen-bond acceptors (Lipinski definition) is 2. The fraction of sp³-hybridized carbons (Fsp3) is 0.100. The number of carbonyl (C=O) groups excluding carboxylic acids is 1. The van der Waals surface area contributed by atoms with Gasteiger partial charge in [-0.3, -0.25) is 0 Å². The van der Waals surface area contributed by atoms with E-state index in [2.05, 4.69) is 12.6 Å². The first kappa shape index (κ1) is 8.53. The van der Waals surface area contributed by atoms with E-state index in [1.54, 1.807) is 24.3 Å². The topological polar surface area (TPSA) is 26.3 Å². The van der Waals surface area contributed by atoms with E-state index < -0.39 is 0 Å². The van der Waals surface area contributed by atoms with Gasteiger partial charge in [0.1, 0.15) is 6.61 Å². The first-order valence-electron chi connectivity index (χ1n) is 3.58. The summed E-state index contributed by atoms with van der Waals surface area (Å²) in [5.74, 6) is -0.341. The zero-order valence-corrected chi connectivity index (χ0v) is 6.62. The smallest absolute Gasteiger partial charge is 0.338 e. The van der Waals surface area contributed by atoms with Crippen LogP contribution in [0.5, 0.6) is 0 Å². The lowest BCUT2D eigenvalue weighted by Crippen LogP contribution is -2.04. The second kappa shape index (κ2) is 4.34. The minimum atomic E-state index is -0.341. The van der Waals surface area contributed by atoms with Crippen molar-refractivity contribution in [1.29, 1.82) is 0 Å². The van der Waals surface area contributed by atoms with E-state index in [-0.39, 0.29) is 12.6 Å². The Morgan fingerprint density at radius 2 is 2.58 bits per heavy atom. The summed E-state index contributed by atoms with van der Waals surface area (Å²) < 4.78 is 4.80. The lowest BCUT2D eigenvalue weighted by atomic mass is 10.2. The molecule has 0 saturated heterocycles. The molecule has 1 rings (SSSR count). The summed E-state index contributed by atoms with van der Waals surface area (Å²) >= 11 is 0. The minimum Gasteiger partial charge on any atom is -0.458 e. The quantitative estimate of drug-likeness (QED) is 0.499. The summed E-state index contributed by atoms with van der Waals surface area (Å²) in [5.41, 5.74) is 0.513. The van der Waals surface area contributed by atoms with Crippen LogP contribution in [-0.4, -0.2) is 12.6 Å². The fourth-order valence-corrected chi connectivity index (χ4v) is 0.738. The summed E-state index contributed by atoms with van der Waals surface area (Å²) in [6.07, 6.45) is 1.53. The van der Waals surface area contributed by atoms with Crippen molar-refractivity contribution in [2.75, 3.05) is 6.61 Å². The van der Waals surface area contributed by atoms with Gasteiger partial charge in [-0.1, -0.05) is 24.8 Å². The van der Waals surface area contributed by atoms with E-state index in [0.29, 0.717) is 5.56 Å². The Labute approximate surface area is 71.5 Å². The van der Waals surface area contributed by atoms with Crippen LogP contribution in [0.25, 0.3) is 0 Å². The van der Waals surface area contributed by atoms with Gasteiger partial charge in [0.25, 0.3) is 0 Å². The Balaban J connectivity index is 2.59. The predicted octanol–water partition coefficient (Wildman–Crippen LogP) is 1.83. The van der Waals surface area contributed by atoms with Crippen LogP contribution >= 0.6 is 0 Å². The van der Waals surface area contributed by atoms with Crippen molar-refractivity contribution in [2.45, 2.75) is 0 Å². The van der Waals surface area contributed by atoms with Crippen LogP contribution in [0, 0.1) is 6.07 Å². The molecule has 0 heterocycles. The summed E-state index contributed by atoms with van der Waals surface area (Å²) in [7, 11) is 0. The normalized spacial score (nSPS) is 9.00. The number of carbonyl (C=O) groups is 1. The molecule has 0 fully saturated rings. The molecule has 0 aliphatic carbocycles. The van der Waals surface area contributed by atoms with Crippen LogP contribution < -0.4 is 0 Å². The molecule has 1 radical (unpaired) electrons. The zero-order valence-electron chi connectivity index (χ0n) is 6.62. The van der Waals surface area contributed by atoms with Gasteiger partial charge < -0.3 is 4.74 Å². The van der Waals surface area contributed by atoms with Crippen LogP contribution in [0.4, 0.5) is 0 Å². The molecule has 0 saturated carbocycles. The summed E-state index contributed by atoms with van der Waals surface area (Å²) in [6, 6.07) is 9.53. The highest BCUT2D eigenvalue weighted by atomic mass is 16.5. The van der Waals surface area contributed by atoms with Crippen LogP contribution in [0.15, 0.2) is 36.9 Å². The summed E-state index contributed by atoms with van der Waals surface area (Å²) in [5, 5.41) is 0. The second-order valence-electron chi connectivity index (χ2n) is 2.18. The maximum atomic E-state index is 11.1. The molecular weight excluding hydrogens is 152 g/mol. The molecule has 1 aromatic carbocycles. The van der Waals surface area contributed by atoms with Crippen molar-refractivity contribution in [2.24, 2.45) is 0 Å². The van der Waals surface area contributed by atoms with Crippen molar-refractivity contribution in [3.63, 3.8) is 0 Å². The highest BCUT2D eigenvalue weighted by molar-refractivity contribution is 5.89. The van der Waals surface area contributed by atoms with Gasteiger partial charge in [0.2, 0.25) is 0 Å². The number of hydrogen-bond donors (Lipinski definition) is 0. The van der Waals surface area contributed by atoms with E-state index >= 15 is 0 Å². The molecule has 61 valence electrons. The molecule has 0 N–H and O–H groups in total. The summed E-state index contributed by atoms with van der Waals surface area (Å²) in [4.78, 5) is 11.1. The average Bonchev–Trinajstić information content (AvgIpc) is 2.15. The molecular formula is C10H9O2. The maximum Gasteiger partial charge on any atom is 0.338 e. The minimum absolute atomic E-state index is 0.244. The standard InChI is InChI=1S/C10H9O2/c1-2-8-12-10(11)9-6-4-3-5-7-9/h2-4,6-7H,1,8H2. The summed E-state index contributed by atoms with van der Waals surface area (Å²) in [6.45, 7) is 3.69. The van der Waals surface area contributed by atoms with Gasteiger partial charge in [-0.15, -0.1) is 0 Å². The van der Waals surface area contributed by atoms with Crippen LogP contribution in [0.2, 0.25) is 0 Å². The molecule has 2 heteroatoms. The van der Waals surface area contributed by atoms with Crippen molar-refractivity contribution in [1.82, 2.24) is 0 Å². The molecule has 0 atom stereocenters. The Morgan fingerprint density at radius 1 is 1.75 bits per heavy atom. The largest absolute Gasteiger partial charge is 0.458 e. The molecule has 2 nitrogen and oxygen atoms in total. The molecule has 0 aliphatic heterocycles. The monoisotopic (exact) mass is 161 g/mol. The number of esters is 1. The third-order valence-corrected chi connectivity index (χ3v) is 1.28. The Hall–Kier alpha value is -1.57. The molecule has 0 aromatic heterocycles. The third-order valence-electron chi connectivity index (χ3n) is 1.28. The number of ether oxygens (including phenoxy) is 1. The van der Waals surface area contributed by atoms with Crippen LogP contribution in [0.1, 0.15) is 10.4 Å². The molecule has 12 heavy (non-hydrogen) atoms. The lowest BCUT2D eigenvalue weighted by molar-refractivity contribution is 0.0550. The fourth-order valence-electron chi connectivity index (χ4n) is 0.738. The van der Waals surface area contributed by atoms with E-state index in [4.69, 9.17) is 4.74 Å². The number of rotatable bonds is 3. The maximum absolute atomic E-state index is 11.1. The van der Waals surface area contributed by atoms with E-state index in [9.17, 15) is 4.79 Å². The van der Waals surface area contributed by atoms with Crippen molar-refractivity contribution < 1.29 is 9.53 Å². The molecule has 0 unspecified atom stereocenters. The molecule has 1 aromatic rings. The van der Waals surface area contributed by atoms with Gasteiger partial charge in [0, 0.05) is 0 Å². The van der Waals surface area contributed by atoms with Crippen LogP contribution in [0.3, 0.4) is 0 Å². The first-order chi connectivity index (χ1) is 5.84. The molecule has 0 spiro atoms. The molecule has 0 amide bonds. The van der Waals surface area contributed by atoms with Gasteiger partial charge in [0.05, 0.1) is 5.56 Å². The first-order valence-corrected chi connectivity index (χ1v) is 3.58. The van der Waals surface area contributed by atoms with Gasteiger partial charge >= 0.3 is 5.97 Å². The van der Waals surface area contributed by atoms with E-state index in [0.717, 1.165) is 0 Å². The van der Waals surface area contributed by atoms with Gasteiger partial charge in [-0.2, -0.15) is 0 Å². The predicted molar refractivity (Wildman–Crippen MR) is 45.8 cm³/mol. The Kier molecular flexibility index (Phi) is 3.08. The number of benzene rings is 1. The lowest BCUT2D eigenvalue weighted by Gasteiger charge is -1.99. The average molecular weight is 161 g/mol. The van der Waals surface area contributed by atoms with Crippen molar-refractivity contribution >= 4 is 5.97 Å². The van der Waals surface area contributed by atoms with Crippen LogP contribution in [-0.2, 0) is 4.74 Å². The van der Waals surface area contributed by atoms with Gasteiger partial charge in [0.15, 0.2) is 0 Å². The Bertz CT molecular complexity index is 264. The van der Waals surface area contributed by atoms with E-state index in [1.165, 1.54) is 6.08 Å². The highest BCUT2D eigenvalue weighted by Gasteiger charge is 2.03. The van der Waals surface area contributed by atoms with Gasteiger partial charge in [-0.25, -0.2) is 4.79 Å². The molecule has 0 aliphatic rings. The highest BCUT2D eigenvalue weighted by Crippen LogP contribution is 1.99. The van der Waals surface area contributed by atoms with Gasteiger partial charge in [-0.05, 0) is 18.2 Å². The van der Waals surface area contributed by atoms with E-state index in [1.807, 2.05) is 0 Å².